The van der Waals surface area contributed by atoms with Gasteiger partial charge >= 0.3 is 5.97 Å². The predicted octanol–water partition coefficient (Wildman–Crippen LogP) is 5.61. The quantitative estimate of drug-likeness (QED) is 0.231. The second-order valence-corrected chi connectivity index (χ2v) is 9.39. The number of cyclic esters (lactones) is 1. The van der Waals surface area contributed by atoms with E-state index >= 15 is 0 Å². The summed E-state index contributed by atoms with van der Waals surface area (Å²) < 4.78 is 31.6. The van der Waals surface area contributed by atoms with E-state index in [4.69, 9.17) is 23.7 Å². The lowest BCUT2D eigenvalue weighted by molar-refractivity contribution is -0.129. The van der Waals surface area contributed by atoms with Crippen molar-refractivity contribution in [1.29, 1.82) is 0 Å². The first-order chi connectivity index (χ1) is 16.7. The first kappa shape index (κ1) is 25.2. The van der Waals surface area contributed by atoms with Crippen molar-refractivity contribution in [2.24, 2.45) is 0 Å². The molecule has 2 bridgehead atoms. The molecular formula is C27H31IO6. The zero-order chi connectivity index (χ0) is 23.8. The zero-order valence-corrected chi connectivity index (χ0v) is 21.5. The van der Waals surface area contributed by atoms with E-state index in [9.17, 15) is 4.79 Å². The number of ether oxygens (including phenoxy) is 5. The highest BCUT2D eigenvalue weighted by molar-refractivity contribution is 14.1. The van der Waals surface area contributed by atoms with Gasteiger partial charge in [0.1, 0.15) is 17.4 Å². The van der Waals surface area contributed by atoms with Crippen molar-refractivity contribution in [1.82, 2.24) is 0 Å². The van der Waals surface area contributed by atoms with E-state index in [1.165, 1.54) is 0 Å². The molecule has 0 saturated carbocycles. The third-order valence-corrected chi connectivity index (χ3v) is 6.66. The monoisotopic (exact) mass is 578 g/mol. The summed E-state index contributed by atoms with van der Waals surface area (Å²) in [6.07, 6.45) is 5.13. The SMILES string of the molecule is COCOc1cccc2c1C(=O)O[C@@H](C/C=C/I)C[C@H]1C[C@H](OCc3ccccc3)C[C@H](C2)O1. The number of benzene rings is 2. The van der Waals surface area contributed by atoms with Gasteiger partial charge in [-0.25, -0.2) is 4.79 Å². The molecule has 2 aliphatic rings. The summed E-state index contributed by atoms with van der Waals surface area (Å²) in [5.74, 6) is 0.114. The molecule has 2 heterocycles. The van der Waals surface area contributed by atoms with Crippen molar-refractivity contribution in [3.05, 3.63) is 75.4 Å². The first-order valence-electron chi connectivity index (χ1n) is 11.7. The summed E-state index contributed by atoms with van der Waals surface area (Å²) in [4.78, 5) is 13.3. The fourth-order valence-electron chi connectivity index (χ4n) is 4.64. The van der Waals surface area contributed by atoms with E-state index in [1.807, 2.05) is 40.5 Å². The molecule has 7 heteroatoms. The average Bonchev–Trinajstić information content (AvgIpc) is 2.85. The number of methoxy groups -OCH3 is 1. The molecule has 0 amide bonds. The number of hydrogen-bond donors (Lipinski definition) is 0. The van der Waals surface area contributed by atoms with E-state index in [-0.39, 0.29) is 37.2 Å². The molecule has 4 rings (SSSR count). The molecule has 0 radical (unpaired) electrons. The Morgan fingerprint density at radius 1 is 1.06 bits per heavy atom. The number of fused-ring (bicyclic) bond motifs is 3. The molecule has 0 unspecified atom stereocenters. The standard InChI is InChI=1S/C27H31IO6/c1-30-18-32-25-11-5-9-20-13-23-15-22(31-17-19-7-3-2-4-8-19)16-24(33-23)14-21(10-6-12-28)34-27(29)26(20)25/h2-9,11-12,21-24H,10,13-18H2,1H3/b12-6+/t21-,22+,23-,24-/m0/s1. The molecule has 0 aliphatic carbocycles. The van der Waals surface area contributed by atoms with Crippen LogP contribution in [0.5, 0.6) is 5.75 Å². The van der Waals surface area contributed by atoms with Crippen molar-refractivity contribution in [2.75, 3.05) is 13.9 Å². The lowest BCUT2D eigenvalue weighted by atomic mass is 9.91. The highest BCUT2D eigenvalue weighted by Gasteiger charge is 2.35. The van der Waals surface area contributed by atoms with E-state index in [2.05, 4.69) is 34.7 Å². The van der Waals surface area contributed by atoms with Gasteiger partial charge in [-0.1, -0.05) is 71.1 Å². The van der Waals surface area contributed by atoms with Gasteiger partial charge in [0.2, 0.25) is 0 Å². The molecule has 2 aromatic carbocycles. The fraction of sp³-hybridized carbons (Fsp3) is 0.444. The van der Waals surface area contributed by atoms with Gasteiger partial charge in [0.15, 0.2) is 6.79 Å². The minimum Gasteiger partial charge on any atom is -0.467 e. The molecular weight excluding hydrogens is 547 g/mol. The molecule has 182 valence electrons. The van der Waals surface area contributed by atoms with Crippen LogP contribution in [0.25, 0.3) is 0 Å². The molecule has 2 aliphatic heterocycles. The maximum Gasteiger partial charge on any atom is 0.342 e. The lowest BCUT2D eigenvalue weighted by Crippen LogP contribution is -2.41. The lowest BCUT2D eigenvalue weighted by Gasteiger charge is -2.38. The van der Waals surface area contributed by atoms with Gasteiger partial charge < -0.3 is 23.7 Å². The van der Waals surface area contributed by atoms with Gasteiger partial charge in [-0.15, -0.1) is 0 Å². The van der Waals surface area contributed by atoms with Crippen LogP contribution >= 0.6 is 22.6 Å². The molecule has 34 heavy (non-hydrogen) atoms. The summed E-state index contributed by atoms with van der Waals surface area (Å²) in [5.41, 5.74) is 2.47. The van der Waals surface area contributed by atoms with Crippen LogP contribution < -0.4 is 4.74 Å². The number of carbonyl (C=O) groups is 1. The summed E-state index contributed by atoms with van der Waals surface area (Å²) in [6.45, 7) is 0.634. The third-order valence-electron chi connectivity index (χ3n) is 6.15. The minimum absolute atomic E-state index is 0.0330. The maximum atomic E-state index is 13.3. The van der Waals surface area contributed by atoms with Crippen LogP contribution in [0.2, 0.25) is 0 Å². The second kappa shape index (κ2) is 12.7. The third kappa shape index (κ3) is 6.81. The number of halogens is 1. The Labute approximate surface area is 214 Å². The average molecular weight is 578 g/mol. The summed E-state index contributed by atoms with van der Waals surface area (Å²) >= 11 is 2.18. The fourth-order valence-corrected chi connectivity index (χ4v) is 4.93. The van der Waals surface area contributed by atoms with Crippen LogP contribution in [0.15, 0.2) is 58.7 Å². The summed E-state index contributed by atoms with van der Waals surface area (Å²) in [5, 5.41) is 0. The van der Waals surface area contributed by atoms with Crippen molar-refractivity contribution in [2.45, 2.75) is 63.1 Å². The molecule has 0 aromatic heterocycles. The van der Waals surface area contributed by atoms with Crippen molar-refractivity contribution in [3.8, 4) is 5.75 Å². The van der Waals surface area contributed by atoms with Crippen LogP contribution in [0.4, 0.5) is 0 Å². The molecule has 0 spiro atoms. The van der Waals surface area contributed by atoms with E-state index in [1.54, 1.807) is 13.2 Å². The topological polar surface area (TPSA) is 63.2 Å². The Morgan fingerprint density at radius 2 is 1.88 bits per heavy atom. The molecule has 0 N–H and O–H groups in total. The van der Waals surface area contributed by atoms with Crippen LogP contribution in [-0.2, 0) is 32.0 Å². The van der Waals surface area contributed by atoms with Crippen LogP contribution in [0, 0.1) is 0 Å². The molecule has 2 aromatic rings. The number of carbonyl (C=O) groups excluding carboxylic acids is 1. The zero-order valence-electron chi connectivity index (χ0n) is 19.4. The summed E-state index contributed by atoms with van der Waals surface area (Å²) in [6, 6.07) is 15.8. The van der Waals surface area contributed by atoms with Gasteiger partial charge in [-0.3, -0.25) is 0 Å². The molecule has 6 nitrogen and oxygen atoms in total. The molecule has 4 atom stereocenters. The Kier molecular flexibility index (Phi) is 9.38. The Balaban J connectivity index is 1.59. The number of esters is 1. The van der Waals surface area contributed by atoms with E-state index in [0.717, 1.165) is 24.0 Å². The van der Waals surface area contributed by atoms with Crippen LogP contribution in [0.1, 0.15) is 47.2 Å². The highest BCUT2D eigenvalue weighted by atomic mass is 127. The largest absolute Gasteiger partial charge is 0.467 e. The highest BCUT2D eigenvalue weighted by Crippen LogP contribution is 2.33. The van der Waals surface area contributed by atoms with E-state index < -0.39 is 0 Å². The predicted molar refractivity (Wildman–Crippen MR) is 137 cm³/mol. The van der Waals surface area contributed by atoms with Gasteiger partial charge in [0.25, 0.3) is 0 Å². The van der Waals surface area contributed by atoms with Crippen molar-refractivity contribution in [3.63, 3.8) is 0 Å². The smallest absolute Gasteiger partial charge is 0.342 e. The van der Waals surface area contributed by atoms with Gasteiger partial charge in [-0.2, -0.15) is 0 Å². The number of hydrogen-bond acceptors (Lipinski definition) is 6. The number of rotatable bonds is 8. The Hall–Kier alpha value is -1.94. The van der Waals surface area contributed by atoms with Gasteiger partial charge in [0.05, 0.1) is 24.9 Å². The van der Waals surface area contributed by atoms with Crippen LogP contribution in [-0.4, -0.2) is 44.3 Å². The van der Waals surface area contributed by atoms with E-state index in [0.29, 0.717) is 37.2 Å². The second-order valence-electron chi connectivity index (χ2n) is 8.68. The summed E-state index contributed by atoms with van der Waals surface area (Å²) in [7, 11) is 1.55. The van der Waals surface area contributed by atoms with Gasteiger partial charge in [-0.05, 0) is 27.7 Å². The molecule has 1 saturated heterocycles. The maximum absolute atomic E-state index is 13.3. The Bertz CT molecular complexity index is 963. The van der Waals surface area contributed by atoms with Crippen LogP contribution in [0.3, 0.4) is 0 Å². The van der Waals surface area contributed by atoms with Crippen molar-refractivity contribution >= 4 is 28.6 Å². The van der Waals surface area contributed by atoms with Gasteiger partial charge in [0, 0.05) is 32.8 Å². The van der Waals surface area contributed by atoms with Crippen molar-refractivity contribution < 1.29 is 28.5 Å². The minimum atomic E-state index is -0.356. The first-order valence-corrected chi connectivity index (χ1v) is 12.9. The normalized spacial score (nSPS) is 24.9. The Morgan fingerprint density at radius 3 is 2.68 bits per heavy atom. The molecule has 1 fully saturated rings.